The van der Waals surface area contributed by atoms with Crippen molar-refractivity contribution in [2.75, 3.05) is 12.8 Å². The zero-order valence-electron chi connectivity index (χ0n) is 14.9. The Kier molecular flexibility index (Phi) is 6.85. The van der Waals surface area contributed by atoms with Gasteiger partial charge in [0.05, 0.1) is 0 Å². The van der Waals surface area contributed by atoms with Gasteiger partial charge < -0.3 is 9.88 Å². The molecule has 130 valence electrons. The first-order chi connectivity index (χ1) is 11.5. The lowest BCUT2D eigenvalue weighted by Gasteiger charge is -2.11. The summed E-state index contributed by atoms with van der Waals surface area (Å²) in [4.78, 5) is 12.1. The monoisotopic (exact) mass is 346 g/mol. The molecule has 2 rings (SSSR count). The second-order valence-electron chi connectivity index (χ2n) is 6.34. The van der Waals surface area contributed by atoms with Gasteiger partial charge in [-0.05, 0) is 37.7 Å². The van der Waals surface area contributed by atoms with E-state index in [0.29, 0.717) is 18.0 Å². The fraction of sp³-hybridized carbons (Fsp3) is 0.500. The van der Waals surface area contributed by atoms with E-state index in [1.165, 1.54) is 0 Å². The number of aromatic nitrogens is 3. The molecule has 0 unspecified atom stereocenters. The smallest absolute Gasteiger partial charge is 0.251 e. The third-order valence-corrected chi connectivity index (χ3v) is 4.33. The molecule has 0 saturated carbocycles. The molecule has 1 amide bonds. The normalized spacial score (nSPS) is 11.0. The molecule has 0 aliphatic carbocycles. The first kappa shape index (κ1) is 18.5. The molecule has 1 aromatic carbocycles. The number of amides is 1. The summed E-state index contributed by atoms with van der Waals surface area (Å²) in [6.07, 6.45) is 3.68. The summed E-state index contributed by atoms with van der Waals surface area (Å²) >= 11 is 1.62. The largest absolute Gasteiger partial charge is 0.352 e. The van der Waals surface area contributed by atoms with Gasteiger partial charge in [0.15, 0.2) is 5.16 Å². The summed E-state index contributed by atoms with van der Waals surface area (Å²) in [5, 5.41) is 12.5. The highest BCUT2D eigenvalue weighted by atomic mass is 32.2. The highest BCUT2D eigenvalue weighted by Gasteiger charge is 2.12. The van der Waals surface area contributed by atoms with Crippen LogP contribution in [0.2, 0.25) is 0 Å². The molecule has 0 aliphatic heterocycles. The highest BCUT2D eigenvalue weighted by Crippen LogP contribution is 2.16. The molecular formula is C18H26N4OS. The molecule has 0 spiro atoms. The van der Waals surface area contributed by atoms with Gasteiger partial charge >= 0.3 is 0 Å². The van der Waals surface area contributed by atoms with Crippen molar-refractivity contribution >= 4 is 17.7 Å². The molecule has 1 N–H and O–H groups in total. The van der Waals surface area contributed by atoms with Gasteiger partial charge in [-0.15, -0.1) is 10.2 Å². The van der Waals surface area contributed by atoms with Crippen molar-refractivity contribution < 1.29 is 4.79 Å². The van der Waals surface area contributed by atoms with Crippen LogP contribution in [-0.4, -0.2) is 33.5 Å². The van der Waals surface area contributed by atoms with Crippen molar-refractivity contribution in [3.05, 3.63) is 41.2 Å². The van der Waals surface area contributed by atoms with Gasteiger partial charge in [-0.25, -0.2) is 0 Å². The highest BCUT2D eigenvalue weighted by molar-refractivity contribution is 7.98. The van der Waals surface area contributed by atoms with Crippen molar-refractivity contribution in [1.29, 1.82) is 0 Å². The lowest BCUT2D eigenvalue weighted by molar-refractivity contribution is 0.0953. The Hall–Kier alpha value is -1.82. The van der Waals surface area contributed by atoms with Crippen molar-refractivity contribution in [2.24, 2.45) is 5.92 Å². The molecule has 1 aromatic heterocycles. The zero-order chi connectivity index (χ0) is 17.5. The quantitative estimate of drug-likeness (QED) is 0.588. The van der Waals surface area contributed by atoms with Crippen molar-refractivity contribution in [1.82, 2.24) is 20.1 Å². The van der Waals surface area contributed by atoms with E-state index in [9.17, 15) is 4.79 Å². The Morgan fingerprint density at radius 1 is 1.33 bits per heavy atom. The van der Waals surface area contributed by atoms with E-state index in [1.54, 1.807) is 11.8 Å². The lowest BCUT2D eigenvalue weighted by atomic mass is 10.1. The van der Waals surface area contributed by atoms with Crippen LogP contribution in [0.4, 0.5) is 0 Å². The van der Waals surface area contributed by atoms with Crippen molar-refractivity contribution in [3.63, 3.8) is 0 Å². The SMILES string of the molecule is CSc1nnc(CCCNC(=O)c2cccc(C)c2)n1CC(C)C. The number of carbonyl (C=O) groups is 1. The molecule has 0 radical (unpaired) electrons. The standard InChI is InChI=1S/C18H26N4OS/c1-13(2)12-22-16(20-21-18(22)24-4)9-6-10-19-17(23)15-8-5-7-14(3)11-15/h5,7-8,11,13H,6,9-10,12H2,1-4H3,(H,19,23). The third kappa shape index (κ3) is 5.09. The summed E-state index contributed by atoms with van der Waals surface area (Å²) in [6, 6.07) is 7.63. The van der Waals surface area contributed by atoms with Crippen LogP contribution in [0.3, 0.4) is 0 Å². The number of benzene rings is 1. The van der Waals surface area contributed by atoms with Gasteiger partial charge in [0.2, 0.25) is 0 Å². The van der Waals surface area contributed by atoms with E-state index in [4.69, 9.17) is 0 Å². The van der Waals surface area contributed by atoms with E-state index in [1.807, 2.05) is 37.4 Å². The molecule has 6 heteroatoms. The molecule has 0 fully saturated rings. The van der Waals surface area contributed by atoms with E-state index in [0.717, 1.165) is 35.9 Å². The molecule has 0 aliphatic rings. The molecule has 0 saturated heterocycles. The Bertz CT molecular complexity index is 681. The molecule has 1 heterocycles. The fourth-order valence-corrected chi connectivity index (χ4v) is 3.06. The van der Waals surface area contributed by atoms with E-state index in [-0.39, 0.29) is 5.91 Å². The van der Waals surface area contributed by atoms with Crippen LogP contribution in [-0.2, 0) is 13.0 Å². The van der Waals surface area contributed by atoms with Crippen LogP contribution in [0.25, 0.3) is 0 Å². The fourth-order valence-electron chi connectivity index (χ4n) is 2.54. The van der Waals surface area contributed by atoms with Crippen molar-refractivity contribution in [3.8, 4) is 0 Å². The summed E-state index contributed by atoms with van der Waals surface area (Å²) in [5.74, 6) is 1.52. The molecule has 24 heavy (non-hydrogen) atoms. The minimum atomic E-state index is -0.0212. The van der Waals surface area contributed by atoms with Crippen LogP contribution in [0.5, 0.6) is 0 Å². The van der Waals surface area contributed by atoms with Crippen LogP contribution in [0, 0.1) is 12.8 Å². The summed E-state index contributed by atoms with van der Waals surface area (Å²) in [7, 11) is 0. The Morgan fingerprint density at radius 2 is 2.12 bits per heavy atom. The molecular weight excluding hydrogens is 320 g/mol. The number of nitrogens with one attached hydrogen (secondary N) is 1. The number of hydrogen-bond acceptors (Lipinski definition) is 4. The van der Waals surface area contributed by atoms with E-state index in [2.05, 4.69) is 33.9 Å². The van der Waals surface area contributed by atoms with Gasteiger partial charge in [0, 0.05) is 25.1 Å². The van der Waals surface area contributed by atoms with Crippen LogP contribution in [0.15, 0.2) is 29.4 Å². The molecule has 0 bridgehead atoms. The predicted molar refractivity (Wildman–Crippen MR) is 98.5 cm³/mol. The zero-order valence-corrected chi connectivity index (χ0v) is 15.7. The molecule has 0 atom stereocenters. The second kappa shape index (κ2) is 8.87. The Morgan fingerprint density at radius 3 is 2.79 bits per heavy atom. The minimum absolute atomic E-state index is 0.0212. The topological polar surface area (TPSA) is 59.8 Å². The Balaban J connectivity index is 1.86. The van der Waals surface area contributed by atoms with Gasteiger partial charge in [-0.1, -0.05) is 43.3 Å². The van der Waals surface area contributed by atoms with Crippen LogP contribution < -0.4 is 5.32 Å². The minimum Gasteiger partial charge on any atom is -0.352 e. The third-order valence-electron chi connectivity index (χ3n) is 3.67. The summed E-state index contributed by atoms with van der Waals surface area (Å²) < 4.78 is 2.19. The predicted octanol–water partition coefficient (Wildman–Crippen LogP) is 3.33. The van der Waals surface area contributed by atoms with Crippen LogP contribution >= 0.6 is 11.8 Å². The van der Waals surface area contributed by atoms with Gasteiger partial charge in [-0.2, -0.15) is 0 Å². The first-order valence-corrected chi connectivity index (χ1v) is 9.54. The average Bonchev–Trinajstić information content (AvgIpc) is 2.92. The number of nitrogens with zero attached hydrogens (tertiary/aromatic N) is 3. The summed E-state index contributed by atoms with van der Waals surface area (Å²) in [5.41, 5.74) is 1.80. The summed E-state index contributed by atoms with van der Waals surface area (Å²) in [6.45, 7) is 7.93. The maximum atomic E-state index is 12.1. The lowest BCUT2D eigenvalue weighted by Crippen LogP contribution is -2.25. The van der Waals surface area contributed by atoms with Crippen molar-refractivity contribution in [2.45, 2.75) is 45.3 Å². The van der Waals surface area contributed by atoms with Crippen LogP contribution in [0.1, 0.15) is 42.0 Å². The van der Waals surface area contributed by atoms with Gasteiger partial charge in [0.1, 0.15) is 5.82 Å². The maximum Gasteiger partial charge on any atom is 0.251 e. The Labute approximate surface area is 148 Å². The number of rotatable bonds is 8. The number of aryl methyl sites for hydroxylation is 2. The number of thioether (sulfide) groups is 1. The van der Waals surface area contributed by atoms with E-state index < -0.39 is 0 Å². The average molecular weight is 347 g/mol. The van der Waals surface area contributed by atoms with E-state index >= 15 is 0 Å². The number of carbonyl (C=O) groups excluding carboxylic acids is 1. The molecule has 2 aromatic rings. The van der Waals surface area contributed by atoms with Gasteiger partial charge in [-0.3, -0.25) is 4.79 Å². The second-order valence-corrected chi connectivity index (χ2v) is 7.11. The molecule has 5 nitrogen and oxygen atoms in total. The van der Waals surface area contributed by atoms with Gasteiger partial charge in [0.25, 0.3) is 5.91 Å². The number of hydrogen-bond donors (Lipinski definition) is 1. The first-order valence-electron chi connectivity index (χ1n) is 8.32. The maximum absolute atomic E-state index is 12.1.